The van der Waals surface area contributed by atoms with Crippen LogP contribution >= 0.6 is 0 Å². The van der Waals surface area contributed by atoms with E-state index in [1.165, 1.54) is 12.1 Å². The van der Waals surface area contributed by atoms with Crippen molar-refractivity contribution in [1.82, 2.24) is 10.6 Å². The van der Waals surface area contributed by atoms with E-state index in [-0.39, 0.29) is 19.0 Å². The van der Waals surface area contributed by atoms with E-state index in [4.69, 9.17) is 4.74 Å². The van der Waals surface area contributed by atoms with Crippen molar-refractivity contribution in [3.05, 3.63) is 77.2 Å². The molecule has 140 valence electrons. The lowest BCUT2D eigenvalue weighted by Crippen LogP contribution is -2.47. The number of carbonyl (C=O) groups excluding carboxylic acids is 2. The number of anilines is 1. The number of esters is 1. The molecule has 0 saturated carbocycles. The van der Waals surface area contributed by atoms with Crippen molar-refractivity contribution in [2.24, 2.45) is 0 Å². The highest BCUT2D eigenvalue weighted by molar-refractivity contribution is 5.95. The van der Waals surface area contributed by atoms with Gasteiger partial charge in [0.2, 0.25) is 0 Å². The van der Waals surface area contributed by atoms with E-state index in [1.807, 2.05) is 30.3 Å². The summed E-state index contributed by atoms with van der Waals surface area (Å²) in [7, 11) is 0. The van der Waals surface area contributed by atoms with Crippen LogP contribution in [0.1, 0.15) is 18.5 Å². The molecule has 27 heavy (non-hydrogen) atoms. The van der Waals surface area contributed by atoms with Crippen LogP contribution in [0.2, 0.25) is 0 Å². The number of benzene rings is 2. The first-order chi connectivity index (χ1) is 13.1. The van der Waals surface area contributed by atoms with Gasteiger partial charge in [-0.2, -0.15) is 0 Å². The van der Waals surface area contributed by atoms with Crippen LogP contribution in [0.4, 0.5) is 14.9 Å². The van der Waals surface area contributed by atoms with Crippen LogP contribution in [0.25, 0.3) is 0 Å². The summed E-state index contributed by atoms with van der Waals surface area (Å²) in [5.41, 5.74) is 2.00. The predicted molar refractivity (Wildman–Crippen MR) is 99.4 cm³/mol. The molecule has 0 aromatic heterocycles. The first-order valence-electron chi connectivity index (χ1n) is 8.60. The molecule has 7 heteroatoms. The summed E-state index contributed by atoms with van der Waals surface area (Å²) < 4.78 is 18.6. The Morgan fingerprint density at radius 2 is 1.96 bits per heavy atom. The van der Waals surface area contributed by atoms with Crippen molar-refractivity contribution in [3.8, 4) is 0 Å². The third kappa shape index (κ3) is 4.44. The molecule has 3 rings (SSSR count). The molecule has 0 bridgehead atoms. The van der Waals surface area contributed by atoms with E-state index in [1.54, 1.807) is 19.1 Å². The fraction of sp³-hybridized carbons (Fsp3) is 0.200. The fourth-order valence-corrected chi connectivity index (χ4v) is 2.89. The number of carbonyl (C=O) groups is 2. The molecule has 1 aliphatic rings. The number of halogens is 1. The second kappa shape index (κ2) is 8.35. The van der Waals surface area contributed by atoms with Crippen molar-refractivity contribution in [2.45, 2.75) is 13.0 Å². The Morgan fingerprint density at radius 1 is 1.19 bits per heavy atom. The minimum atomic E-state index is -0.636. The highest BCUT2D eigenvalue weighted by Gasteiger charge is 2.33. The standard InChI is InChI=1S/C20H20FN3O3/c1-2-27-19(25)17-16(12-22-15-10-6-9-14(21)11-15)23-20(26)24-18(17)13-7-4-3-5-8-13/h3-11,18,22H,2,12H2,1H3,(H2,23,24,26). The number of hydrogen-bond acceptors (Lipinski definition) is 4. The van der Waals surface area contributed by atoms with Crippen LogP contribution in [0.5, 0.6) is 0 Å². The Balaban J connectivity index is 1.95. The maximum absolute atomic E-state index is 13.4. The fourth-order valence-electron chi connectivity index (χ4n) is 2.89. The minimum Gasteiger partial charge on any atom is -0.463 e. The smallest absolute Gasteiger partial charge is 0.338 e. The molecule has 1 heterocycles. The van der Waals surface area contributed by atoms with Gasteiger partial charge in [-0.1, -0.05) is 36.4 Å². The summed E-state index contributed by atoms with van der Waals surface area (Å²) in [6, 6.07) is 14.1. The Kier molecular flexibility index (Phi) is 5.71. The molecule has 1 aliphatic heterocycles. The van der Waals surface area contributed by atoms with Crippen molar-refractivity contribution in [3.63, 3.8) is 0 Å². The molecule has 1 unspecified atom stereocenters. The highest BCUT2D eigenvalue weighted by atomic mass is 19.1. The topological polar surface area (TPSA) is 79.5 Å². The third-order valence-corrected chi connectivity index (χ3v) is 4.08. The summed E-state index contributed by atoms with van der Waals surface area (Å²) in [4.78, 5) is 24.8. The van der Waals surface area contributed by atoms with Crippen LogP contribution in [-0.2, 0) is 9.53 Å². The molecule has 1 atom stereocenters. The molecule has 0 aliphatic carbocycles. The number of ether oxygens (including phenoxy) is 1. The van der Waals surface area contributed by atoms with Crippen LogP contribution in [-0.4, -0.2) is 25.2 Å². The number of rotatable bonds is 6. The average molecular weight is 369 g/mol. The van der Waals surface area contributed by atoms with Crippen LogP contribution in [0, 0.1) is 5.82 Å². The average Bonchev–Trinajstić information content (AvgIpc) is 2.67. The summed E-state index contributed by atoms with van der Waals surface area (Å²) in [5, 5.41) is 8.45. The Morgan fingerprint density at radius 3 is 2.67 bits per heavy atom. The molecule has 3 N–H and O–H groups in total. The highest BCUT2D eigenvalue weighted by Crippen LogP contribution is 2.27. The molecular weight excluding hydrogens is 349 g/mol. The number of hydrogen-bond donors (Lipinski definition) is 3. The predicted octanol–water partition coefficient (Wildman–Crippen LogP) is 3.11. The molecule has 2 aromatic carbocycles. The summed E-state index contributed by atoms with van der Waals surface area (Å²) in [6.45, 7) is 2.06. The van der Waals surface area contributed by atoms with Gasteiger partial charge in [0.05, 0.1) is 30.5 Å². The SMILES string of the molecule is CCOC(=O)C1=C(CNc2cccc(F)c2)NC(=O)NC1c1ccccc1. The van der Waals surface area contributed by atoms with E-state index in [9.17, 15) is 14.0 Å². The molecule has 0 saturated heterocycles. The lowest BCUT2D eigenvalue weighted by atomic mass is 9.95. The summed E-state index contributed by atoms with van der Waals surface area (Å²) >= 11 is 0. The summed E-state index contributed by atoms with van der Waals surface area (Å²) in [6.07, 6.45) is 0. The van der Waals surface area contributed by atoms with Gasteiger partial charge in [-0.15, -0.1) is 0 Å². The van der Waals surface area contributed by atoms with Gasteiger partial charge < -0.3 is 20.7 Å². The number of nitrogens with one attached hydrogen (secondary N) is 3. The van der Waals surface area contributed by atoms with E-state index < -0.39 is 18.0 Å². The Hall–Kier alpha value is -3.35. The Labute approximate surface area is 156 Å². The van der Waals surface area contributed by atoms with Crippen molar-refractivity contribution < 1.29 is 18.7 Å². The van der Waals surface area contributed by atoms with Gasteiger partial charge in [-0.05, 0) is 30.7 Å². The van der Waals surface area contributed by atoms with Gasteiger partial charge >= 0.3 is 12.0 Å². The van der Waals surface area contributed by atoms with Crippen molar-refractivity contribution in [2.75, 3.05) is 18.5 Å². The molecular formula is C20H20FN3O3. The monoisotopic (exact) mass is 369 g/mol. The van der Waals surface area contributed by atoms with Crippen LogP contribution < -0.4 is 16.0 Å². The van der Waals surface area contributed by atoms with E-state index in [2.05, 4.69) is 16.0 Å². The van der Waals surface area contributed by atoms with Crippen molar-refractivity contribution >= 4 is 17.7 Å². The van der Waals surface area contributed by atoms with Gasteiger partial charge in [0.25, 0.3) is 0 Å². The van der Waals surface area contributed by atoms with E-state index in [0.29, 0.717) is 17.0 Å². The second-order valence-corrected chi connectivity index (χ2v) is 5.92. The zero-order valence-corrected chi connectivity index (χ0v) is 14.8. The third-order valence-electron chi connectivity index (χ3n) is 4.08. The van der Waals surface area contributed by atoms with E-state index >= 15 is 0 Å². The number of urea groups is 1. The zero-order chi connectivity index (χ0) is 19.2. The van der Waals surface area contributed by atoms with E-state index in [0.717, 1.165) is 5.56 Å². The lowest BCUT2D eigenvalue weighted by Gasteiger charge is -2.29. The molecule has 2 amide bonds. The van der Waals surface area contributed by atoms with Gasteiger partial charge in [0, 0.05) is 5.69 Å². The van der Waals surface area contributed by atoms with Gasteiger partial charge in [0.1, 0.15) is 5.82 Å². The molecule has 0 fully saturated rings. The zero-order valence-electron chi connectivity index (χ0n) is 14.8. The summed E-state index contributed by atoms with van der Waals surface area (Å²) in [5.74, 6) is -0.897. The largest absolute Gasteiger partial charge is 0.463 e. The molecule has 0 radical (unpaired) electrons. The van der Waals surface area contributed by atoms with Gasteiger partial charge in [-0.3, -0.25) is 0 Å². The second-order valence-electron chi connectivity index (χ2n) is 5.92. The first-order valence-corrected chi connectivity index (χ1v) is 8.60. The molecule has 0 spiro atoms. The van der Waals surface area contributed by atoms with Crippen molar-refractivity contribution in [1.29, 1.82) is 0 Å². The molecule has 6 nitrogen and oxygen atoms in total. The maximum Gasteiger partial charge on any atom is 0.338 e. The maximum atomic E-state index is 13.4. The van der Waals surface area contributed by atoms with Crippen LogP contribution in [0.3, 0.4) is 0 Å². The van der Waals surface area contributed by atoms with Gasteiger partial charge in [-0.25, -0.2) is 14.0 Å². The van der Waals surface area contributed by atoms with Crippen LogP contribution in [0.15, 0.2) is 65.9 Å². The lowest BCUT2D eigenvalue weighted by molar-refractivity contribution is -0.139. The molecule has 2 aromatic rings. The number of amides is 2. The minimum absolute atomic E-state index is 0.133. The normalized spacial score (nSPS) is 16.4. The first kappa shape index (κ1) is 18.4. The Bertz CT molecular complexity index is 868. The quantitative estimate of drug-likeness (QED) is 0.684. The van der Waals surface area contributed by atoms with Gasteiger partial charge in [0.15, 0.2) is 0 Å².